The Bertz CT molecular complexity index is 276. The maximum atomic E-state index is 12.5. The SMILES string of the molecule is C=CC1=C(C=C)OC(F)(F)C(F)(F)O1. The highest BCUT2D eigenvalue weighted by Gasteiger charge is 2.65. The molecule has 0 radical (unpaired) electrons. The van der Waals surface area contributed by atoms with Gasteiger partial charge in [0.15, 0.2) is 11.5 Å². The summed E-state index contributed by atoms with van der Waals surface area (Å²) < 4.78 is 57.5. The van der Waals surface area contributed by atoms with Crippen molar-refractivity contribution in [1.29, 1.82) is 0 Å². The molecule has 0 saturated heterocycles. The second-order valence-corrected chi connectivity index (χ2v) is 2.37. The van der Waals surface area contributed by atoms with Gasteiger partial charge >= 0.3 is 12.2 Å². The van der Waals surface area contributed by atoms with Gasteiger partial charge in [0.2, 0.25) is 0 Å². The highest BCUT2D eigenvalue weighted by atomic mass is 19.3. The largest absolute Gasteiger partial charge is 0.507 e. The molecule has 78 valence electrons. The summed E-state index contributed by atoms with van der Waals surface area (Å²) in [6.07, 6.45) is -7.74. The number of allylic oxidation sites excluding steroid dienone is 2. The zero-order chi connectivity index (χ0) is 11.0. The van der Waals surface area contributed by atoms with E-state index in [1.54, 1.807) is 0 Å². The van der Waals surface area contributed by atoms with Crippen LogP contribution < -0.4 is 0 Å². The van der Waals surface area contributed by atoms with Gasteiger partial charge in [0.05, 0.1) is 0 Å². The zero-order valence-electron chi connectivity index (χ0n) is 6.90. The van der Waals surface area contributed by atoms with Gasteiger partial charge in [-0.2, -0.15) is 17.6 Å². The molecule has 0 saturated carbocycles. The maximum absolute atomic E-state index is 12.5. The van der Waals surface area contributed by atoms with E-state index in [0.717, 1.165) is 12.2 Å². The molecule has 6 heteroatoms. The molecular formula is C8H6F4O2. The maximum Gasteiger partial charge on any atom is 0.507 e. The minimum Gasteiger partial charge on any atom is -0.421 e. The molecule has 0 aromatic heterocycles. The van der Waals surface area contributed by atoms with E-state index in [1.165, 1.54) is 0 Å². The first-order valence-electron chi connectivity index (χ1n) is 3.47. The van der Waals surface area contributed by atoms with Gasteiger partial charge in [-0.05, 0) is 12.2 Å². The lowest BCUT2D eigenvalue weighted by molar-refractivity contribution is -0.424. The first kappa shape index (κ1) is 10.6. The van der Waals surface area contributed by atoms with Crippen molar-refractivity contribution < 1.29 is 27.0 Å². The Balaban J connectivity index is 3.15. The van der Waals surface area contributed by atoms with E-state index >= 15 is 0 Å². The highest BCUT2D eigenvalue weighted by molar-refractivity contribution is 5.24. The molecule has 14 heavy (non-hydrogen) atoms. The van der Waals surface area contributed by atoms with Crippen LogP contribution in [-0.2, 0) is 9.47 Å². The summed E-state index contributed by atoms with van der Waals surface area (Å²) in [6, 6.07) is 0. The van der Waals surface area contributed by atoms with Crippen molar-refractivity contribution in [2.24, 2.45) is 0 Å². The molecule has 0 aliphatic carbocycles. The fourth-order valence-electron chi connectivity index (χ4n) is 0.780. The third-order valence-electron chi connectivity index (χ3n) is 1.43. The van der Waals surface area contributed by atoms with Crippen LogP contribution in [0, 0.1) is 0 Å². The molecule has 1 aliphatic rings. The highest BCUT2D eigenvalue weighted by Crippen LogP contribution is 2.44. The topological polar surface area (TPSA) is 18.5 Å². The van der Waals surface area contributed by atoms with Crippen LogP contribution in [0.25, 0.3) is 0 Å². The number of hydrogen-bond donors (Lipinski definition) is 0. The van der Waals surface area contributed by atoms with Crippen molar-refractivity contribution in [2.45, 2.75) is 12.2 Å². The van der Waals surface area contributed by atoms with Crippen LogP contribution in [-0.4, -0.2) is 12.2 Å². The van der Waals surface area contributed by atoms with Crippen LogP contribution in [0.3, 0.4) is 0 Å². The Morgan fingerprint density at radius 1 is 0.857 bits per heavy atom. The van der Waals surface area contributed by atoms with Gasteiger partial charge < -0.3 is 9.47 Å². The number of rotatable bonds is 2. The molecule has 1 aliphatic heterocycles. The van der Waals surface area contributed by atoms with Gasteiger partial charge in [-0.3, -0.25) is 0 Å². The van der Waals surface area contributed by atoms with Crippen molar-refractivity contribution in [1.82, 2.24) is 0 Å². The molecule has 0 amide bonds. The van der Waals surface area contributed by atoms with Crippen LogP contribution in [0.4, 0.5) is 17.6 Å². The summed E-state index contributed by atoms with van der Waals surface area (Å²) in [7, 11) is 0. The van der Waals surface area contributed by atoms with Gasteiger partial charge in [-0.1, -0.05) is 13.2 Å². The molecule has 0 bridgehead atoms. The summed E-state index contributed by atoms with van der Waals surface area (Å²) >= 11 is 0. The minimum atomic E-state index is -4.71. The van der Waals surface area contributed by atoms with Crippen LogP contribution in [0.15, 0.2) is 36.8 Å². The molecule has 1 heterocycles. The number of ether oxygens (including phenoxy) is 2. The average Bonchev–Trinajstić information content (AvgIpc) is 2.09. The standard InChI is InChI=1S/C8H6F4O2/c1-3-5-6(4-2)14-8(11,12)7(9,10)13-5/h3-4H,1-2H2. The van der Waals surface area contributed by atoms with Crippen molar-refractivity contribution in [3.63, 3.8) is 0 Å². The van der Waals surface area contributed by atoms with Gasteiger partial charge in [0.1, 0.15) is 0 Å². The van der Waals surface area contributed by atoms with Crippen molar-refractivity contribution in [3.05, 3.63) is 36.8 Å². The van der Waals surface area contributed by atoms with Crippen molar-refractivity contribution in [3.8, 4) is 0 Å². The van der Waals surface area contributed by atoms with E-state index in [1.807, 2.05) is 0 Å². The monoisotopic (exact) mass is 210 g/mol. The Morgan fingerprint density at radius 3 is 1.36 bits per heavy atom. The molecule has 0 fully saturated rings. The first-order valence-corrected chi connectivity index (χ1v) is 3.47. The van der Waals surface area contributed by atoms with Crippen LogP contribution >= 0.6 is 0 Å². The molecular weight excluding hydrogens is 204 g/mol. The van der Waals surface area contributed by atoms with Crippen LogP contribution in [0.1, 0.15) is 0 Å². The third-order valence-corrected chi connectivity index (χ3v) is 1.43. The molecule has 0 N–H and O–H groups in total. The Morgan fingerprint density at radius 2 is 1.14 bits per heavy atom. The van der Waals surface area contributed by atoms with E-state index in [4.69, 9.17) is 0 Å². The number of hydrogen-bond acceptors (Lipinski definition) is 2. The lowest BCUT2D eigenvalue weighted by Gasteiger charge is -2.31. The van der Waals surface area contributed by atoms with E-state index in [0.29, 0.717) is 0 Å². The molecule has 0 unspecified atom stereocenters. The van der Waals surface area contributed by atoms with Gasteiger partial charge in [-0.25, -0.2) is 0 Å². The summed E-state index contributed by atoms with van der Waals surface area (Å²) in [6.45, 7) is 6.21. The lowest BCUT2D eigenvalue weighted by Crippen LogP contribution is -2.47. The fraction of sp³-hybridized carbons (Fsp3) is 0.250. The Labute approximate surface area is 77.1 Å². The molecule has 0 aromatic carbocycles. The van der Waals surface area contributed by atoms with E-state index in [2.05, 4.69) is 22.6 Å². The Hall–Kier alpha value is -1.46. The summed E-state index contributed by atoms with van der Waals surface area (Å²) in [5.41, 5.74) is 0. The average molecular weight is 210 g/mol. The number of halogens is 4. The van der Waals surface area contributed by atoms with Crippen molar-refractivity contribution in [2.75, 3.05) is 0 Å². The second-order valence-electron chi connectivity index (χ2n) is 2.37. The zero-order valence-corrected chi connectivity index (χ0v) is 6.90. The summed E-state index contributed by atoms with van der Waals surface area (Å²) in [5, 5.41) is 0. The first-order chi connectivity index (χ1) is 6.34. The predicted molar refractivity (Wildman–Crippen MR) is 39.5 cm³/mol. The van der Waals surface area contributed by atoms with Gasteiger partial charge in [-0.15, -0.1) is 0 Å². The smallest absolute Gasteiger partial charge is 0.421 e. The summed E-state index contributed by atoms with van der Waals surface area (Å²) in [4.78, 5) is 0. The quantitative estimate of drug-likeness (QED) is 0.652. The second kappa shape index (κ2) is 3.04. The summed E-state index contributed by atoms with van der Waals surface area (Å²) in [5.74, 6) is -1.15. The number of alkyl halides is 4. The van der Waals surface area contributed by atoms with Gasteiger partial charge in [0, 0.05) is 0 Å². The Kier molecular flexibility index (Phi) is 2.31. The third kappa shape index (κ3) is 1.47. The predicted octanol–water partition coefficient (Wildman–Crippen LogP) is 2.80. The molecule has 0 aromatic rings. The van der Waals surface area contributed by atoms with E-state index < -0.39 is 23.7 Å². The molecule has 0 spiro atoms. The lowest BCUT2D eigenvalue weighted by atomic mass is 10.3. The van der Waals surface area contributed by atoms with E-state index in [9.17, 15) is 17.6 Å². The van der Waals surface area contributed by atoms with Crippen LogP contribution in [0.2, 0.25) is 0 Å². The molecule has 0 atom stereocenters. The van der Waals surface area contributed by atoms with Crippen LogP contribution in [0.5, 0.6) is 0 Å². The minimum absolute atomic E-state index is 0.573. The van der Waals surface area contributed by atoms with Gasteiger partial charge in [0.25, 0.3) is 0 Å². The fourth-order valence-corrected chi connectivity index (χ4v) is 0.780. The molecule has 2 nitrogen and oxygen atoms in total. The molecule has 1 rings (SSSR count). The van der Waals surface area contributed by atoms with E-state index in [-0.39, 0.29) is 0 Å². The van der Waals surface area contributed by atoms with Crippen molar-refractivity contribution >= 4 is 0 Å². The normalized spacial score (nSPS) is 23.4.